The number of carboxylic acid groups (broad SMARTS) is 1. The second-order valence-electron chi connectivity index (χ2n) is 4.97. The number of halogens is 1. The van der Waals surface area contributed by atoms with Crippen molar-refractivity contribution in [1.29, 1.82) is 0 Å². The first-order chi connectivity index (χ1) is 9.50. The number of rotatable bonds is 4. The number of carboxylic acids is 1. The summed E-state index contributed by atoms with van der Waals surface area (Å²) in [5.74, 6) is -2.27. The maximum Gasteiger partial charge on any atom is 0.323 e. The standard InChI is InChI=1S/C14H17FN2O3/c15-11-7-3-6-10(13(11)16)14(20)17(8-12(18)19)9-4-1-2-5-9/h3,6-7,9H,1-2,4-5,8,16H2,(H,18,19). The predicted molar refractivity (Wildman–Crippen MR) is 71.7 cm³/mol. The zero-order valence-electron chi connectivity index (χ0n) is 11.0. The lowest BCUT2D eigenvalue weighted by molar-refractivity contribution is -0.138. The first kappa shape index (κ1) is 14.3. The Bertz CT molecular complexity index is 527. The summed E-state index contributed by atoms with van der Waals surface area (Å²) in [6.07, 6.45) is 3.47. The van der Waals surface area contributed by atoms with E-state index < -0.39 is 17.7 Å². The molecule has 1 amide bonds. The number of hydrogen-bond donors (Lipinski definition) is 2. The number of nitrogens with zero attached hydrogens (tertiary/aromatic N) is 1. The van der Waals surface area contributed by atoms with Gasteiger partial charge in [0.1, 0.15) is 12.4 Å². The number of amides is 1. The quantitative estimate of drug-likeness (QED) is 0.825. The summed E-state index contributed by atoms with van der Waals surface area (Å²) < 4.78 is 13.4. The lowest BCUT2D eigenvalue weighted by Gasteiger charge is -2.27. The molecule has 0 aromatic heterocycles. The van der Waals surface area contributed by atoms with Gasteiger partial charge in [-0.25, -0.2) is 4.39 Å². The molecule has 0 atom stereocenters. The van der Waals surface area contributed by atoms with Crippen molar-refractivity contribution in [2.45, 2.75) is 31.7 Å². The Hall–Kier alpha value is -2.11. The van der Waals surface area contributed by atoms with Crippen molar-refractivity contribution in [3.05, 3.63) is 29.6 Å². The maximum absolute atomic E-state index is 13.4. The monoisotopic (exact) mass is 280 g/mol. The van der Waals surface area contributed by atoms with E-state index in [0.717, 1.165) is 25.7 Å². The van der Waals surface area contributed by atoms with E-state index in [1.54, 1.807) is 0 Å². The Morgan fingerprint density at radius 1 is 1.35 bits per heavy atom. The van der Waals surface area contributed by atoms with E-state index in [2.05, 4.69) is 0 Å². The molecule has 1 aliphatic carbocycles. The highest BCUT2D eigenvalue weighted by molar-refractivity contribution is 6.00. The van der Waals surface area contributed by atoms with Crippen LogP contribution in [0, 0.1) is 5.82 Å². The van der Waals surface area contributed by atoms with Crippen LogP contribution in [0.15, 0.2) is 18.2 Å². The van der Waals surface area contributed by atoms with E-state index in [4.69, 9.17) is 10.8 Å². The van der Waals surface area contributed by atoms with Crippen molar-refractivity contribution in [2.75, 3.05) is 12.3 Å². The third-order valence-electron chi connectivity index (χ3n) is 3.62. The Balaban J connectivity index is 2.29. The topological polar surface area (TPSA) is 83.6 Å². The fraction of sp³-hybridized carbons (Fsp3) is 0.429. The van der Waals surface area contributed by atoms with Crippen LogP contribution in [0.25, 0.3) is 0 Å². The van der Waals surface area contributed by atoms with Crippen LogP contribution in [-0.2, 0) is 4.79 Å². The summed E-state index contributed by atoms with van der Waals surface area (Å²) in [7, 11) is 0. The molecule has 1 fully saturated rings. The third kappa shape index (κ3) is 2.89. The van der Waals surface area contributed by atoms with Crippen molar-refractivity contribution < 1.29 is 19.1 Å². The van der Waals surface area contributed by atoms with Gasteiger partial charge in [0.25, 0.3) is 5.91 Å². The average Bonchev–Trinajstić information content (AvgIpc) is 2.92. The van der Waals surface area contributed by atoms with Crippen molar-refractivity contribution in [1.82, 2.24) is 4.90 Å². The van der Waals surface area contributed by atoms with Gasteiger partial charge in [0, 0.05) is 6.04 Å². The van der Waals surface area contributed by atoms with Gasteiger partial charge in [0.05, 0.1) is 11.3 Å². The van der Waals surface area contributed by atoms with E-state index >= 15 is 0 Å². The van der Waals surface area contributed by atoms with Crippen LogP contribution in [-0.4, -0.2) is 34.5 Å². The average molecular weight is 280 g/mol. The van der Waals surface area contributed by atoms with Crippen molar-refractivity contribution in [3.8, 4) is 0 Å². The van der Waals surface area contributed by atoms with Gasteiger partial charge in [0.2, 0.25) is 0 Å². The van der Waals surface area contributed by atoms with Gasteiger partial charge in [-0.3, -0.25) is 9.59 Å². The van der Waals surface area contributed by atoms with Crippen LogP contribution >= 0.6 is 0 Å². The van der Waals surface area contributed by atoms with Gasteiger partial charge in [0.15, 0.2) is 0 Å². The molecule has 108 valence electrons. The third-order valence-corrected chi connectivity index (χ3v) is 3.62. The molecule has 0 aliphatic heterocycles. The van der Waals surface area contributed by atoms with E-state index in [-0.39, 0.29) is 23.8 Å². The first-order valence-electron chi connectivity index (χ1n) is 6.57. The smallest absolute Gasteiger partial charge is 0.323 e. The summed E-state index contributed by atoms with van der Waals surface area (Å²) in [6.45, 7) is -0.389. The molecule has 0 saturated heterocycles. The molecular weight excluding hydrogens is 263 g/mol. The zero-order valence-corrected chi connectivity index (χ0v) is 11.0. The number of hydrogen-bond acceptors (Lipinski definition) is 3. The first-order valence-corrected chi connectivity index (χ1v) is 6.57. The van der Waals surface area contributed by atoms with Crippen LogP contribution in [0.1, 0.15) is 36.0 Å². The predicted octanol–water partition coefficient (Wildman–Crippen LogP) is 1.88. The van der Waals surface area contributed by atoms with E-state index in [1.807, 2.05) is 0 Å². The van der Waals surface area contributed by atoms with Crippen LogP contribution in [0.2, 0.25) is 0 Å². The van der Waals surface area contributed by atoms with Gasteiger partial charge in [-0.15, -0.1) is 0 Å². The molecule has 1 aromatic carbocycles. The molecule has 0 radical (unpaired) electrons. The number of benzene rings is 1. The van der Waals surface area contributed by atoms with E-state index in [0.29, 0.717) is 0 Å². The Kier molecular flexibility index (Phi) is 4.22. The molecular formula is C14H17FN2O3. The molecule has 0 bridgehead atoms. The van der Waals surface area contributed by atoms with Gasteiger partial charge >= 0.3 is 5.97 Å². The Morgan fingerprint density at radius 3 is 2.60 bits per heavy atom. The van der Waals surface area contributed by atoms with Crippen molar-refractivity contribution in [3.63, 3.8) is 0 Å². The molecule has 6 heteroatoms. The second-order valence-corrected chi connectivity index (χ2v) is 4.97. The molecule has 0 spiro atoms. The van der Waals surface area contributed by atoms with Gasteiger partial charge < -0.3 is 15.7 Å². The summed E-state index contributed by atoms with van der Waals surface area (Å²) in [5.41, 5.74) is 5.38. The minimum atomic E-state index is -1.08. The molecule has 1 aliphatic rings. The summed E-state index contributed by atoms with van der Waals surface area (Å²) in [6, 6.07) is 3.88. The number of carbonyl (C=O) groups excluding carboxylic acids is 1. The molecule has 0 heterocycles. The minimum absolute atomic E-state index is 0.0261. The lowest BCUT2D eigenvalue weighted by Crippen LogP contribution is -2.42. The molecule has 0 unspecified atom stereocenters. The van der Waals surface area contributed by atoms with Crippen LogP contribution in [0.4, 0.5) is 10.1 Å². The minimum Gasteiger partial charge on any atom is -0.480 e. The number of para-hydroxylation sites is 1. The van der Waals surface area contributed by atoms with E-state index in [1.165, 1.54) is 23.1 Å². The molecule has 2 rings (SSSR count). The highest BCUT2D eigenvalue weighted by Gasteiger charge is 2.30. The summed E-state index contributed by atoms with van der Waals surface area (Å²) in [4.78, 5) is 24.7. The van der Waals surface area contributed by atoms with Gasteiger partial charge in [-0.1, -0.05) is 18.9 Å². The number of nitrogen functional groups attached to an aromatic ring is 1. The van der Waals surface area contributed by atoms with Crippen molar-refractivity contribution in [2.24, 2.45) is 0 Å². The Labute approximate surface area is 116 Å². The van der Waals surface area contributed by atoms with Crippen molar-refractivity contribution >= 4 is 17.6 Å². The molecule has 1 aromatic rings. The summed E-state index contributed by atoms with van der Waals surface area (Å²) >= 11 is 0. The zero-order chi connectivity index (χ0) is 14.7. The molecule has 5 nitrogen and oxygen atoms in total. The summed E-state index contributed by atoms with van der Waals surface area (Å²) in [5, 5.41) is 8.96. The highest BCUT2D eigenvalue weighted by atomic mass is 19.1. The van der Waals surface area contributed by atoms with Crippen LogP contribution < -0.4 is 5.73 Å². The van der Waals surface area contributed by atoms with Crippen LogP contribution in [0.3, 0.4) is 0 Å². The normalized spacial score (nSPS) is 15.2. The SMILES string of the molecule is Nc1c(F)cccc1C(=O)N(CC(=O)O)C1CCCC1. The fourth-order valence-corrected chi connectivity index (χ4v) is 2.61. The van der Waals surface area contributed by atoms with Gasteiger partial charge in [-0.2, -0.15) is 0 Å². The number of carbonyl (C=O) groups is 2. The number of nitrogens with two attached hydrogens (primary N) is 1. The highest BCUT2D eigenvalue weighted by Crippen LogP contribution is 2.26. The number of anilines is 1. The number of aliphatic carboxylic acids is 1. The molecule has 20 heavy (non-hydrogen) atoms. The largest absolute Gasteiger partial charge is 0.480 e. The lowest BCUT2D eigenvalue weighted by atomic mass is 10.1. The molecule has 1 saturated carbocycles. The van der Waals surface area contributed by atoms with Crippen LogP contribution in [0.5, 0.6) is 0 Å². The second kappa shape index (κ2) is 5.90. The maximum atomic E-state index is 13.4. The molecule has 3 N–H and O–H groups in total. The fourth-order valence-electron chi connectivity index (χ4n) is 2.61. The van der Waals surface area contributed by atoms with Gasteiger partial charge in [-0.05, 0) is 25.0 Å². The Morgan fingerprint density at radius 2 is 2.00 bits per heavy atom. The van der Waals surface area contributed by atoms with E-state index in [9.17, 15) is 14.0 Å².